The number of hydrogen-bond donors (Lipinski definition) is 1. The van der Waals surface area contributed by atoms with Crippen molar-refractivity contribution in [2.45, 2.75) is 47.5 Å². The van der Waals surface area contributed by atoms with Gasteiger partial charge in [-0.3, -0.25) is 14.9 Å². The van der Waals surface area contributed by atoms with Crippen LogP contribution < -0.4 is 0 Å². The van der Waals surface area contributed by atoms with E-state index in [1.807, 2.05) is 40.8 Å². The first-order valence-corrected chi connectivity index (χ1v) is 11.2. The van der Waals surface area contributed by atoms with E-state index in [1.165, 1.54) is 17.7 Å². The molecule has 0 aliphatic rings. The highest BCUT2D eigenvalue weighted by molar-refractivity contribution is 5.86. The minimum atomic E-state index is -0.596. The number of aromatic hydroxyl groups is 1. The van der Waals surface area contributed by atoms with E-state index in [2.05, 4.69) is 35.5 Å². The Kier molecular flexibility index (Phi) is 9.33. The molecule has 0 bridgehead atoms. The molecule has 4 nitrogen and oxygen atoms in total. The number of halogens is 1. The van der Waals surface area contributed by atoms with Gasteiger partial charge in [-0.2, -0.15) is 0 Å². The molecule has 172 valence electrons. The Morgan fingerprint density at radius 1 is 1.06 bits per heavy atom. The smallest absolute Gasteiger partial charge is 0.165 e. The van der Waals surface area contributed by atoms with Crippen LogP contribution in [-0.4, -0.2) is 48.1 Å². The van der Waals surface area contributed by atoms with Crippen LogP contribution >= 0.6 is 0 Å². The standard InChI is InChI=1S/C27H36FN3O/c1-8-22-14-27(32)26(28)15-25(22)24-11-10-23(18(3)12-24)13-19(4)30-21(6)17-31(7)16-20(5)29-9-2/h10-12,14-15,32H,6,8-9,13,16-17H2,1-5,7H3. The fraction of sp³-hybridized carbons (Fsp3) is 0.407. The molecular weight excluding hydrogens is 401 g/mol. The van der Waals surface area contributed by atoms with Crippen molar-refractivity contribution in [3.8, 4) is 16.9 Å². The maximum atomic E-state index is 14.0. The van der Waals surface area contributed by atoms with Crippen LogP contribution in [0, 0.1) is 12.7 Å². The van der Waals surface area contributed by atoms with Crippen LogP contribution in [0.3, 0.4) is 0 Å². The molecule has 0 atom stereocenters. The van der Waals surface area contributed by atoms with Crippen molar-refractivity contribution in [1.82, 2.24) is 4.90 Å². The molecule has 2 aromatic carbocycles. The number of hydrogen-bond acceptors (Lipinski definition) is 4. The summed E-state index contributed by atoms with van der Waals surface area (Å²) < 4.78 is 14.0. The zero-order valence-corrected chi connectivity index (χ0v) is 20.3. The highest BCUT2D eigenvalue weighted by Crippen LogP contribution is 2.31. The monoisotopic (exact) mass is 437 g/mol. The maximum absolute atomic E-state index is 14.0. The molecular formula is C27H36FN3O. The van der Waals surface area contributed by atoms with E-state index in [-0.39, 0.29) is 5.75 Å². The van der Waals surface area contributed by atoms with Gasteiger partial charge in [0.05, 0.1) is 0 Å². The molecule has 0 aliphatic carbocycles. The number of aryl methyl sites for hydroxylation is 2. The van der Waals surface area contributed by atoms with E-state index in [1.54, 1.807) is 0 Å². The normalized spacial score (nSPS) is 12.5. The molecule has 0 aliphatic heterocycles. The van der Waals surface area contributed by atoms with Gasteiger partial charge in [0.15, 0.2) is 11.6 Å². The number of nitrogens with zero attached hydrogens (tertiary/aromatic N) is 3. The fourth-order valence-corrected chi connectivity index (χ4v) is 3.93. The number of rotatable bonds is 10. The molecule has 0 fully saturated rings. The van der Waals surface area contributed by atoms with Crippen LogP contribution in [0.15, 0.2) is 52.6 Å². The molecule has 0 aromatic heterocycles. The van der Waals surface area contributed by atoms with Crippen LogP contribution in [0.25, 0.3) is 11.1 Å². The summed E-state index contributed by atoms with van der Waals surface area (Å²) in [6.07, 6.45) is 1.45. The summed E-state index contributed by atoms with van der Waals surface area (Å²) in [6, 6.07) is 9.10. The molecule has 0 saturated carbocycles. The summed E-state index contributed by atoms with van der Waals surface area (Å²) in [5.74, 6) is -0.897. The van der Waals surface area contributed by atoms with Gasteiger partial charge in [0, 0.05) is 43.2 Å². The van der Waals surface area contributed by atoms with Crippen molar-refractivity contribution >= 4 is 11.4 Å². The molecule has 0 amide bonds. The van der Waals surface area contributed by atoms with Gasteiger partial charge >= 0.3 is 0 Å². The van der Waals surface area contributed by atoms with E-state index in [0.29, 0.717) is 6.54 Å². The lowest BCUT2D eigenvalue weighted by Gasteiger charge is -2.17. The Hall–Kier alpha value is -2.79. The van der Waals surface area contributed by atoms with Gasteiger partial charge < -0.3 is 5.11 Å². The Morgan fingerprint density at radius 3 is 2.41 bits per heavy atom. The third-order valence-corrected chi connectivity index (χ3v) is 5.38. The molecule has 0 radical (unpaired) electrons. The van der Waals surface area contributed by atoms with E-state index in [0.717, 1.165) is 65.3 Å². The van der Waals surface area contributed by atoms with Crippen molar-refractivity contribution in [1.29, 1.82) is 0 Å². The van der Waals surface area contributed by atoms with Crippen LogP contribution in [-0.2, 0) is 12.8 Å². The molecule has 5 heteroatoms. The second-order valence-electron chi connectivity index (χ2n) is 8.43. The lowest BCUT2D eigenvalue weighted by Crippen LogP contribution is -2.26. The average molecular weight is 438 g/mol. The van der Waals surface area contributed by atoms with Crippen molar-refractivity contribution < 1.29 is 9.50 Å². The molecule has 2 aromatic rings. The second-order valence-corrected chi connectivity index (χ2v) is 8.43. The summed E-state index contributed by atoms with van der Waals surface area (Å²) in [5, 5.41) is 9.69. The number of phenolic OH excluding ortho intramolecular Hbond substituents is 1. The van der Waals surface area contributed by atoms with Gasteiger partial charge in [-0.1, -0.05) is 31.7 Å². The Labute approximate surface area is 192 Å². The van der Waals surface area contributed by atoms with Crippen LogP contribution in [0.4, 0.5) is 4.39 Å². The van der Waals surface area contributed by atoms with Crippen molar-refractivity contribution in [3.63, 3.8) is 0 Å². The minimum Gasteiger partial charge on any atom is -0.505 e. The Balaban J connectivity index is 2.12. The van der Waals surface area contributed by atoms with E-state index in [4.69, 9.17) is 4.99 Å². The number of benzene rings is 2. The van der Waals surface area contributed by atoms with E-state index >= 15 is 0 Å². The van der Waals surface area contributed by atoms with Crippen LogP contribution in [0.5, 0.6) is 5.75 Å². The number of likely N-dealkylation sites (N-methyl/N-ethyl adjacent to an activating group) is 1. The van der Waals surface area contributed by atoms with Gasteiger partial charge in [-0.15, -0.1) is 0 Å². The van der Waals surface area contributed by atoms with Gasteiger partial charge in [-0.25, -0.2) is 4.39 Å². The predicted octanol–water partition coefficient (Wildman–Crippen LogP) is 6.00. The summed E-state index contributed by atoms with van der Waals surface area (Å²) >= 11 is 0. The van der Waals surface area contributed by atoms with Crippen molar-refractivity contribution in [2.24, 2.45) is 9.98 Å². The topological polar surface area (TPSA) is 48.2 Å². The van der Waals surface area contributed by atoms with E-state index < -0.39 is 5.82 Å². The second kappa shape index (κ2) is 11.7. The minimum absolute atomic E-state index is 0.301. The van der Waals surface area contributed by atoms with Crippen LogP contribution in [0.2, 0.25) is 0 Å². The summed E-state index contributed by atoms with van der Waals surface area (Å²) in [4.78, 5) is 11.3. The Morgan fingerprint density at radius 2 is 1.78 bits per heavy atom. The third kappa shape index (κ3) is 7.13. The quantitative estimate of drug-likeness (QED) is 0.464. The summed E-state index contributed by atoms with van der Waals surface area (Å²) in [6.45, 7) is 16.6. The van der Waals surface area contributed by atoms with Gasteiger partial charge in [0.25, 0.3) is 0 Å². The van der Waals surface area contributed by atoms with Gasteiger partial charge in [0.2, 0.25) is 0 Å². The Bertz CT molecular complexity index is 1020. The lowest BCUT2D eigenvalue weighted by atomic mass is 9.93. The maximum Gasteiger partial charge on any atom is 0.165 e. The van der Waals surface area contributed by atoms with E-state index in [9.17, 15) is 9.50 Å². The molecule has 2 rings (SSSR count). The molecule has 32 heavy (non-hydrogen) atoms. The number of phenols is 1. The van der Waals surface area contributed by atoms with Crippen molar-refractivity contribution in [3.05, 3.63) is 65.1 Å². The first kappa shape index (κ1) is 25.5. The zero-order chi connectivity index (χ0) is 23.8. The largest absolute Gasteiger partial charge is 0.505 e. The molecule has 0 spiro atoms. The average Bonchev–Trinajstić information content (AvgIpc) is 2.70. The third-order valence-electron chi connectivity index (χ3n) is 5.38. The summed E-state index contributed by atoms with van der Waals surface area (Å²) in [7, 11) is 2.05. The molecule has 0 saturated heterocycles. The highest BCUT2D eigenvalue weighted by Gasteiger charge is 2.12. The molecule has 1 N–H and O–H groups in total. The molecule has 0 heterocycles. The predicted molar refractivity (Wildman–Crippen MR) is 135 cm³/mol. The zero-order valence-electron chi connectivity index (χ0n) is 20.3. The first-order chi connectivity index (χ1) is 15.1. The van der Waals surface area contributed by atoms with Crippen LogP contribution in [0.1, 0.15) is 44.4 Å². The lowest BCUT2D eigenvalue weighted by molar-refractivity contribution is 0.412. The molecule has 0 unspecified atom stereocenters. The van der Waals surface area contributed by atoms with Gasteiger partial charge in [-0.05, 0) is 81.1 Å². The van der Waals surface area contributed by atoms with Crippen molar-refractivity contribution in [2.75, 3.05) is 26.7 Å². The number of aliphatic imine (C=N–C) groups is 2. The van der Waals surface area contributed by atoms with Gasteiger partial charge in [0.1, 0.15) is 0 Å². The SMILES string of the molecule is C=C(CN(C)CC(C)=NCC)N=C(C)Cc1ccc(-c2cc(F)c(O)cc2CC)cc1C. The summed E-state index contributed by atoms with van der Waals surface area (Å²) in [5.41, 5.74) is 7.94. The first-order valence-electron chi connectivity index (χ1n) is 11.2. The highest BCUT2D eigenvalue weighted by atomic mass is 19.1. The fourth-order valence-electron chi connectivity index (χ4n) is 3.93.